The molecule has 0 spiro atoms. The number of hydrogen-bond acceptors (Lipinski definition) is 2. The lowest BCUT2D eigenvalue weighted by atomic mass is 10.2. The molecule has 0 saturated heterocycles. The minimum atomic E-state index is 0.0224. The number of amides is 1. The molecule has 0 radical (unpaired) electrons. The van der Waals surface area contributed by atoms with Gasteiger partial charge in [-0.15, -0.1) is 0 Å². The quantitative estimate of drug-likeness (QED) is 0.736. The Morgan fingerprint density at radius 2 is 2.31 bits per heavy atom. The lowest BCUT2D eigenvalue weighted by Crippen LogP contribution is -2.09. The Kier molecular flexibility index (Phi) is 3.46. The van der Waals surface area contributed by atoms with Crippen LogP contribution in [0.25, 0.3) is 0 Å². The largest absolute Gasteiger partial charge is 0.326 e. The Morgan fingerprint density at radius 1 is 1.54 bits per heavy atom. The molecule has 3 N–H and O–H groups in total. The number of carbonyl (C=O) groups excluding carboxylic acids is 1. The highest BCUT2D eigenvalue weighted by Gasteiger charge is 1.98. The van der Waals surface area contributed by atoms with Gasteiger partial charge >= 0.3 is 0 Å². The van der Waals surface area contributed by atoms with E-state index in [4.69, 9.17) is 5.73 Å². The van der Waals surface area contributed by atoms with Crippen LogP contribution in [0.2, 0.25) is 0 Å². The van der Waals surface area contributed by atoms with Crippen LogP contribution < -0.4 is 11.1 Å². The van der Waals surface area contributed by atoms with Gasteiger partial charge in [0.05, 0.1) is 0 Å². The SMILES string of the molecule is CCC(=O)Nc1cccc(CN)c1. The highest BCUT2D eigenvalue weighted by Crippen LogP contribution is 2.09. The molecule has 1 amide bonds. The third-order valence-corrected chi connectivity index (χ3v) is 1.77. The van der Waals surface area contributed by atoms with Crippen LogP contribution in [-0.4, -0.2) is 5.91 Å². The first-order chi connectivity index (χ1) is 6.26. The molecule has 3 heteroatoms. The maximum Gasteiger partial charge on any atom is 0.224 e. The molecule has 0 atom stereocenters. The highest BCUT2D eigenvalue weighted by atomic mass is 16.1. The van der Waals surface area contributed by atoms with Crippen LogP contribution in [0.4, 0.5) is 5.69 Å². The van der Waals surface area contributed by atoms with Gasteiger partial charge < -0.3 is 11.1 Å². The summed E-state index contributed by atoms with van der Waals surface area (Å²) in [4.78, 5) is 11.0. The van der Waals surface area contributed by atoms with E-state index in [-0.39, 0.29) is 5.91 Å². The fourth-order valence-corrected chi connectivity index (χ4v) is 1.03. The van der Waals surface area contributed by atoms with Crippen LogP contribution in [0.15, 0.2) is 24.3 Å². The standard InChI is InChI=1S/C10H14N2O/c1-2-10(13)12-9-5-3-4-8(6-9)7-11/h3-6H,2,7,11H2,1H3,(H,12,13). The summed E-state index contributed by atoms with van der Waals surface area (Å²) in [6.45, 7) is 2.32. The summed E-state index contributed by atoms with van der Waals surface area (Å²) in [7, 11) is 0. The van der Waals surface area contributed by atoms with Gasteiger partial charge in [-0.1, -0.05) is 19.1 Å². The zero-order chi connectivity index (χ0) is 9.68. The first kappa shape index (κ1) is 9.74. The third kappa shape index (κ3) is 2.87. The van der Waals surface area contributed by atoms with Gasteiger partial charge in [-0.25, -0.2) is 0 Å². The first-order valence-electron chi connectivity index (χ1n) is 4.35. The molecule has 0 unspecified atom stereocenters. The van der Waals surface area contributed by atoms with E-state index in [1.807, 2.05) is 31.2 Å². The molecular weight excluding hydrogens is 164 g/mol. The zero-order valence-electron chi connectivity index (χ0n) is 7.71. The fraction of sp³-hybridized carbons (Fsp3) is 0.300. The molecule has 13 heavy (non-hydrogen) atoms. The van der Waals surface area contributed by atoms with E-state index in [9.17, 15) is 4.79 Å². The Bertz CT molecular complexity index is 297. The summed E-state index contributed by atoms with van der Waals surface area (Å²) in [5.41, 5.74) is 7.31. The molecule has 0 aliphatic carbocycles. The average molecular weight is 178 g/mol. The van der Waals surface area contributed by atoms with E-state index in [0.717, 1.165) is 11.3 Å². The number of hydrogen-bond donors (Lipinski definition) is 2. The number of carbonyl (C=O) groups is 1. The monoisotopic (exact) mass is 178 g/mol. The molecule has 0 aliphatic rings. The molecule has 0 heterocycles. The third-order valence-electron chi connectivity index (χ3n) is 1.77. The van der Waals surface area contributed by atoms with E-state index in [1.165, 1.54) is 0 Å². The highest BCUT2D eigenvalue weighted by molar-refractivity contribution is 5.90. The number of anilines is 1. The lowest BCUT2D eigenvalue weighted by Gasteiger charge is -2.04. The van der Waals surface area contributed by atoms with E-state index in [1.54, 1.807) is 0 Å². The van der Waals surface area contributed by atoms with E-state index >= 15 is 0 Å². The number of nitrogens with two attached hydrogens (primary N) is 1. The van der Waals surface area contributed by atoms with Gasteiger partial charge in [0.25, 0.3) is 0 Å². The summed E-state index contributed by atoms with van der Waals surface area (Å²) < 4.78 is 0. The Hall–Kier alpha value is -1.35. The predicted octanol–water partition coefficient (Wildman–Crippen LogP) is 1.49. The summed E-state index contributed by atoms with van der Waals surface area (Å²) >= 11 is 0. The van der Waals surface area contributed by atoms with Gasteiger partial charge in [0, 0.05) is 18.7 Å². The Balaban J connectivity index is 2.71. The van der Waals surface area contributed by atoms with E-state index in [2.05, 4.69) is 5.32 Å². The molecule has 1 aromatic carbocycles. The van der Waals surface area contributed by atoms with Crippen LogP contribution in [0.5, 0.6) is 0 Å². The van der Waals surface area contributed by atoms with Crippen molar-refractivity contribution < 1.29 is 4.79 Å². The van der Waals surface area contributed by atoms with Crippen molar-refractivity contribution in [3.63, 3.8) is 0 Å². The molecule has 70 valence electrons. The molecule has 0 aliphatic heterocycles. The summed E-state index contributed by atoms with van der Waals surface area (Å²) in [5, 5.41) is 2.77. The minimum Gasteiger partial charge on any atom is -0.326 e. The van der Waals surface area contributed by atoms with Gasteiger partial charge in [-0.05, 0) is 17.7 Å². The Morgan fingerprint density at radius 3 is 2.92 bits per heavy atom. The smallest absolute Gasteiger partial charge is 0.224 e. The molecule has 0 fully saturated rings. The van der Waals surface area contributed by atoms with Gasteiger partial charge in [-0.2, -0.15) is 0 Å². The minimum absolute atomic E-state index is 0.0224. The second kappa shape index (κ2) is 4.62. The van der Waals surface area contributed by atoms with Crippen molar-refractivity contribution in [1.82, 2.24) is 0 Å². The molecule has 3 nitrogen and oxygen atoms in total. The van der Waals surface area contributed by atoms with Crippen LogP contribution in [0, 0.1) is 0 Å². The summed E-state index contributed by atoms with van der Waals surface area (Å²) in [6.07, 6.45) is 0.493. The van der Waals surface area contributed by atoms with Gasteiger partial charge in [0.1, 0.15) is 0 Å². The number of nitrogens with one attached hydrogen (secondary N) is 1. The number of benzene rings is 1. The molecule has 0 aromatic heterocycles. The maximum atomic E-state index is 11.0. The van der Waals surface area contributed by atoms with Crippen molar-refractivity contribution in [2.24, 2.45) is 5.73 Å². The van der Waals surface area contributed by atoms with Crippen LogP contribution in [0.3, 0.4) is 0 Å². The molecule has 0 saturated carbocycles. The van der Waals surface area contributed by atoms with Crippen LogP contribution in [-0.2, 0) is 11.3 Å². The second-order valence-corrected chi connectivity index (χ2v) is 2.81. The van der Waals surface area contributed by atoms with Gasteiger partial charge in [-0.3, -0.25) is 4.79 Å². The van der Waals surface area contributed by atoms with Crippen molar-refractivity contribution in [3.8, 4) is 0 Å². The van der Waals surface area contributed by atoms with Crippen molar-refractivity contribution >= 4 is 11.6 Å². The molecule has 0 bridgehead atoms. The van der Waals surface area contributed by atoms with E-state index < -0.39 is 0 Å². The summed E-state index contributed by atoms with van der Waals surface area (Å²) in [5.74, 6) is 0.0224. The Labute approximate surface area is 77.9 Å². The predicted molar refractivity (Wildman–Crippen MR) is 53.3 cm³/mol. The maximum absolute atomic E-state index is 11.0. The zero-order valence-corrected chi connectivity index (χ0v) is 7.71. The summed E-state index contributed by atoms with van der Waals surface area (Å²) in [6, 6.07) is 7.55. The normalized spacial score (nSPS) is 9.69. The van der Waals surface area contributed by atoms with Crippen molar-refractivity contribution in [1.29, 1.82) is 0 Å². The van der Waals surface area contributed by atoms with E-state index in [0.29, 0.717) is 13.0 Å². The molecular formula is C10H14N2O. The topological polar surface area (TPSA) is 55.1 Å². The average Bonchev–Trinajstić information content (AvgIpc) is 2.18. The van der Waals surface area contributed by atoms with Crippen molar-refractivity contribution in [3.05, 3.63) is 29.8 Å². The lowest BCUT2D eigenvalue weighted by molar-refractivity contribution is -0.115. The van der Waals surface area contributed by atoms with Crippen LogP contribution in [0.1, 0.15) is 18.9 Å². The van der Waals surface area contributed by atoms with Crippen molar-refractivity contribution in [2.45, 2.75) is 19.9 Å². The van der Waals surface area contributed by atoms with Gasteiger partial charge in [0.2, 0.25) is 5.91 Å². The second-order valence-electron chi connectivity index (χ2n) is 2.81. The first-order valence-corrected chi connectivity index (χ1v) is 4.35. The van der Waals surface area contributed by atoms with Gasteiger partial charge in [0.15, 0.2) is 0 Å². The molecule has 1 rings (SSSR count). The van der Waals surface area contributed by atoms with Crippen molar-refractivity contribution in [2.75, 3.05) is 5.32 Å². The van der Waals surface area contributed by atoms with Crippen LogP contribution >= 0.6 is 0 Å². The fourth-order valence-electron chi connectivity index (χ4n) is 1.03. The molecule has 1 aromatic rings. The number of rotatable bonds is 3.